The van der Waals surface area contributed by atoms with Gasteiger partial charge in [-0.25, -0.2) is 8.78 Å². The highest BCUT2D eigenvalue weighted by atomic mass is 35.5. The van der Waals surface area contributed by atoms with Crippen LogP contribution in [0.1, 0.15) is 34.5 Å². The number of hydrogen-bond donors (Lipinski definition) is 1. The lowest BCUT2D eigenvalue weighted by atomic mass is 9.81. The van der Waals surface area contributed by atoms with Crippen molar-refractivity contribution in [1.82, 2.24) is 10.3 Å². The van der Waals surface area contributed by atoms with E-state index in [1.165, 1.54) is 30.5 Å². The quantitative estimate of drug-likeness (QED) is 0.923. The van der Waals surface area contributed by atoms with Crippen molar-refractivity contribution in [1.29, 1.82) is 0 Å². The Kier molecular flexibility index (Phi) is 4.32. The van der Waals surface area contributed by atoms with Gasteiger partial charge >= 0.3 is 0 Å². The van der Waals surface area contributed by atoms with E-state index in [9.17, 15) is 14.0 Å². The number of hydrogen-bond acceptors (Lipinski definition) is 3. The zero-order chi connectivity index (χ0) is 17.3. The fraction of sp³-hybridized carbons (Fsp3) is 0.235. The first-order chi connectivity index (χ1) is 11.4. The average molecular weight is 351 g/mol. The van der Waals surface area contributed by atoms with Gasteiger partial charge in [0.2, 0.25) is 5.67 Å². The zero-order valence-electron chi connectivity index (χ0n) is 12.5. The Balaban J connectivity index is 1.82. The number of amides is 1. The standard InChI is InChI=1S/C17H13ClF2N2O2/c18-13-8-11(19)4-3-10(13)9-22-16(24)17(20)6-5-14(23)15-12(17)2-1-7-21-15/h1-4,7-8H,5-6,9H2,(H,22,24)/t17-/m0/s1. The summed E-state index contributed by atoms with van der Waals surface area (Å²) in [4.78, 5) is 28.1. The molecule has 4 nitrogen and oxygen atoms in total. The molecule has 24 heavy (non-hydrogen) atoms. The number of ketones is 1. The number of carbonyl (C=O) groups excluding carboxylic acids is 2. The van der Waals surface area contributed by atoms with Crippen molar-refractivity contribution in [2.45, 2.75) is 25.1 Å². The summed E-state index contributed by atoms with van der Waals surface area (Å²) in [5.74, 6) is -1.65. The molecule has 2 aromatic rings. The lowest BCUT2D eigenvalue weighted by Gasteiger charge is -2.29. The molecular formula is C17H13ClF2N2O2. The van der Waals surface area contributed by atoms with Gasteiger partial charge in [-0.2, -0.15) is 0 Å². The van der Waals surface area contributed by atoms with Gasteiger partial charge in [0.25, 0.3) is 5.91 Å². The highest BCUT2D eigenvalue weighted by Gasteiger charge is 2.46. The van der Waals surface area contributed by atoms with Crippen LogP contribution in [-0.4, -0.2) is 16.7 Å². The minimum Gasteiger partial charge on any atom is -0.349 e. The van der Waals surface area contributed by atoms with Gasteiger partial charge in [-0.3, -0.25) is 14.6 Å². The third kappa shape index (κ3) is 2.89. The summed E-state index contributed by atoms with van der Waals surface area (Å²) >= 11 is 5.89. The van der Waals surface area contributed by atoms with Crippen molar-refractivity contribution in [3.63, 3.8) is 0 Å². The Hall–Kier alpha value is -2.34. The van der Waals surface area contributed by atoms with E-state index in [1.807, 2.05) is 0 Å². The third-order valence-corrected chi connectivity index (χ3v) is 4.36. The van der Waals surface area contributed by atoms with Gasteiger partial charge in [0, 0.05) is 36.2 Å². The van der Waals surface area contributed by atoms with E-state index in [4.69, 9.17) is 11.6 Å². The molecule has 0 saturated carbocycles. The van der Waals surface area contributed by atoms with Crippen LogP contribution in [0.5, 0.6) is 0 Å². The lowest BCUT2D eigenvalue weighted by molar-refractivity contribution is -0.134. The maximum atomic E-state index is 15.3. The van der Waals surface area contributed by atoms with Crippen LogP contribution in [0.25, 0.3) is 0 Å². The van der Waals surface area contributed by atoms with Crippen LogP contribution >= 0.6 is 11.6 Å². The molecule has 124 valence electrons. The molecule has 1 heterocycles. The van der Waals surface area contributed by atoms with E-state index >= 15 is 4.39 Å². The number of nitrogens with one attached hydrogen (secondary N) is 1. The van der Waals surface area contributed by atoms with Crippen molar-refractivity contribution in [3.8, 4) is 0 Å². The molecule has 0 spiro atoms. The fourth-order valence-corrected chi connectivity index (χ4v) is 2.94. The number of rotatable bonds is 3. The Morgan fingerprint density at radius 3 is 2.92 bits per heavy atom. The number of carbonyl (C=O) groups is 2. The van der Waals surface area contributed by atoms with Crippen LogP contribution in [0.4, 0.5) is 8.78 Å². The van der Waals surface area contributed by atoms with Crippen molar-refractivity contribution < 1.29 is 18.4 Å². The molecule has 1 aromatic carbocycles. The summed E-state index contributed by atoms with van der Waals surface area (Å²) in [5.41, 5.74) is -1.90. The molecule has 0 saturated heterocycles. The predicted octanol–water partition coefficient (Wildman–Crippen LogP) is 3.33. The van der Waals surface area contributed by atoms with Crippen LogP contribution < -0.4 is 5.32 Å². The second kappa shape index (κ2) is 6.28. The summed E-state index contributed by atoms with van der Waals surface area (Å²) in [6, 6.07) is 6.62. The van der Waals surface area contributed by atoms with Crippen molar-refractivity contribution in [2.75, 3.05) is 0 Å². The maximum absolute atomic E-state index is 15.3. The Morgan fingerprint density at radius 1 is 1.38 bits per heavy atom. The monoisotopic (exact) mass is 350 g/mol. The minimum absolute atomic E-state index is 0.0128. The summed E-state index contributed by atoms with van der Waals surface area (Å²) < 4.78 is 28.3. The fourth-order valence-electron chi connectivity index (χ4n) is 2.70. The van der Waals surface area contributed by atoms with Crippen LogP contribution in [0.3, 0.4) is 0 Å². The Labute approximate surface area is 141 Å². The second-order valence-electron chi connectivity index (χ2n) is 5.54. The molecule has 0 bridgehead atoms. The molecule has 1 amide bonds. The van der Waals surface area contributed by atoms with Gasteiger partial charge in [0.05, 0.1) is 0 Å². The van der Waals surface area contributed by atoms with Crippen LogP contribution in [-0.2, 0) is 17.0 Å². The van der Waals surface area contributed by atoms with Gasteiger partial charge in [0.1, 0.15) is 11.5 Å². The topological polar surface area (TPSA) is 59.1 Å². The first-order valence-corrected chi connectivity index (χ1v) is 7.69. The number of pyridine rings is 1. The Bertz CT molecular complexity index is 828. The van der Waals surface area contributed by atoms with E-state index in [-0.39, 0.29) is 41.4 Å². The number of fused-ring (bicyclic) bond motifs is 1. The Morgan fingerprint density at radius 2 is 2.17 bits per heavy atom. The highest BCUT2D eigenvalue weighted by Crippen LogP contribution is 2.38. The van der Waals surface area contributed by atoms with E-state index < -0.39 is 17.4 Å². The van der Waals surface area contributed by atoms with Gasteiger partial charge in [-0.05, 0) is 23.8 Å². The third-order valence-electron chi connectivity index (χ3n) is 4.01. The number of aromatic nitrogens is 1. The lowest BCUT2D eigenvalue weighted by Crippen LogP contribution is -2.44. The summed E-state index contributed by atoms with van der Waals surface area (Å²) in [5, 5.41) is 2.61. The number of nitrogens with zero attached hydrogens (tertiary/aromatic N) is 1. The summed E-state index contributed by atoms with van der Waals surface area (Å²) in [7, 11) is 0. The van der Waals surface area contributed by atoms with Crippen LogP contribution in [0.15, 0.2) is 36.5 Å². The number of benzene rings is 1. The minimum atomic E-state index is -2.33. The number of halogens is 3. The molecule has 0 unspecified atom stereocenters. The highest BCUT2D eigenvalue weighted by molar-refractivity contribution is 6.31. The van der Waals surface area contributed by atoms with E-state index in [2.05, 4.69) is 10.3 Å². The normalized spacial score (nSPS) is 19.7. The van der Waals surface area contributed by atoms with Gasteiger partial charge in [-0.1, -0.05) is 23.7 Å². The summed E-state index contributed by atoms with van der Waals surface area (Å²) in [6.45, 7) is -0.0485. The molecule has 1 N–H and O–H groups in total. The first kappa shape index (κ1) is 16.5. The molecule has 3 rings (SSSR count). The molecule has 0 fully saturated rings. The zero-order valence-corrected chi connectivity index (χ0v) is 13.2. The largest absolute Gasteiger partial charge is 0.349 e. The van der Waals surface area contributed by atoms with Crippen molar-refractivity contribution in [3.05, 3.63) is 64.2 Å². The molecule has 1 atom stereocenters. The second-order valence-corrected chi connectivity index (χ2v) is 5.95. The van der Waals surface area contributed by atoms with Gasteiger partial charge in [-0.15, -0.1) is 0 Å². The number of Topliss-reactive ketones (excluding diaryl/α,β-unsaturated/α-hetero) is 1. The molecular weight excluding hydrogens is 338 g/mol. The predicted molar refractivity (Wildman–Crippen MR) is 83.8 cm³/mol. The van der Waals surface area contributed by atoms with Gasteiger partial charge in [0.15, 0.2) is 5.78 Å². The van der Waals surface area contributed by atoms with E-state index in [0.717, 1.165) is 6.07 Å². The SMILES string of the molecule is O=C1CC[C@@](F)(C(=O)NCc2ccc(F)cc2Cl)c2cccnc21. The smallest absolute Gasteiger partial charge is 0.262 e. The molecule has 1 aromatic heterocycles. The van der Waals surface area contributed by atoms with Crippen molar-refractivity contribution in [2.24, 2.45) is 0 Å². The van der Waals surface area contributed by atoms with Gasteiger partial charge < -0.3 is 5.32 Å². The maximum Gasteiger partial charge on any atom is 0.262 e. The first-order valence-electron chi connectivity index (χ1n) is 7.31. The van der Waals surface area contributed by atoms with E-state index in [0.29, 0.717) is 5.56 Å². The van der Waals surface area contributed by atoms with Crippen molar-refractivity contribution >= 4 is 23.3 Å². The van der Waals surface area contributed by atoms with Crippen LogP contribution in [0.2, 0.25) is 5.02 Å². The molecule has 1 aliphatic carbocycles. The summed E-state index contributed by atoms with van der Waals surface area (Å²) in [6.07, 6.45) is 1.05. The van der Waals surface area contributed by atoms with E-state index in [1.54, 1.807) is 0 Å². The average Bonchev–Trinajstić information content (AvgIpc) is 2.57. The molecule has 1 aliphatic rings. The molecule has 7 heteroatoms. The number of alkyl halides is 1. The van der Waals surface area contributed by atoms with Crippen LogP contribution in [0, 0.1) is 5.82 Å². The molecule has 0 radical (unpaired) electrons. The molecule has 0 aliphatic heterocycles.